The van der Waals surface area contributed by atoms with E-state index in [0.717, 1.165) is 32.1 Å². The highest BCUT2D eigenvalue weighted by Crippen LogP contribution is 2.10. The Balaban J connectivity index is 3.37. The van der Waals surface area contributed by atoms with Crippen molar-refractivity contribution in [2.24, 2.45) is 0 Å². The lowest BCUT2D eigenvalue weighted by Crippen LogP contribution is -2.11. The highest BCUT2D eigenvalue weighted by Gasteiger charge is 2.09. The van der Waals surface area contributed by atoms with E-state index in [1.54, 1.807) is 0 Å². The summed E-state index contributed by atoms with van der Waals surface area (Å²) in [6.45, 7) is 4.37. The normalized spacial score (nSPS) is 10.6. The summed E-state index contributed by atoms with van der Waals surface area (Å²) in [6, 6.07) is 0. The van der Waals surface area contributed by atoms with E-state index in [-0.39, 0.29) is 11.9 Å². The lowest BCUT2D eigenvalue weighted by Gasteiger charge is -2.03. The molecule has 0 atom stereocenters. The van der Waals surface area contributed by atoms with Gasteiger partial charge in [-0.25, -0.2) is 0 Å². The molecule has 0 radical (unpaired) electrons. The van der Waals surface area contributed by atoms with Crippen molar-refractivity contribution in [3.05, 3.63) is 0 Å². The van der Waals surface area contributed by atoms with Gasteiger partial charge in [-0.15, -0.1) is 0 Å². The molecule has 0 aromatic rings. The van der Waals surface area contributed by atoms with E-state index >= 15 is 0 Å². The van der Waals surface area contributed by atoms with Crippen LogP contribution >= 0.6 is 0 Å². The Morgan fingerprint density at radius 3 is 1.29 bits per heavy atom. The Morgan fingerprint density at radius 1 is 0.571 bits per heavy atom. The Kier molecular flexibility index (Phi) is 14.9. The topological polar surface area (TPSA) is 43.4 Å². The minimum Gasteiger partial charge on any atom is -0.393 e. The lowest BCUT2D eigenvalue weighted by molar-refractivity contribution is -0.159. The van der Waals surface area contributed by atoms with Gasteiger partial charge in [0.15, 0.2) is 0 Å². The zero-order valence-electron chi connectivity index (χ0n) is 14.1. The molecule has 3 nitrogen and oxygen atoms in total. The van der Waals surface area contributed by atoms with E-state index in [1.807, 2.05) is 0 Å². The molecule has 3 heteroatoms. The van der Waals surface area contributed by atoms with E-state index in [1.165, 1.54) is 44.9 Å². The molecule has 0 aromatic heterocycles. The van der Waals surface area contributed by atoms with E-state index < -0.39 is 0 Å². The van der Waals surface area contributed by atoms with Gasteiger partial charge in [-0.1, -0.05) is 78.1 Å². The molecule has 0 bridgehead atoms. The fraction of sp³-hybridized carbons (Fsp3) is 0.889. The summed E-state index contributed by atoms with van der Waals surface area (Å²) in [4.78, 5) is 22.9. The van der Waals surface area contributed by atoms with Gasteiger partial charge in [-0.2, -0.15) is 0 Å². The Hall–Kier alpha value is -0.860. The number of ether oxygens (including phenoxy) is 1. The summed E-state index contributed by atoms with van der Waals surface area (Å²) >= 11 is 0. The van der Waals surface area contributed by atoms with E-state index in [9.17, 15) is 9.59 Å². The number of hydrogen-bond donors (Lipinski definition) is 0. The second kappa shape index (κ2) is 15.5. The molecular weight excluding hydrogens is 264 g/mol. The first-order chi connectivity index (χ1) is 10.2. The quantitative estimate of drug-likeness (QED) is 0.239. The highest BCUT2D eigenvalue weighted by atomic mass is 16.6. The first-order valence-electron chi connectivity index (χ1n) is 8.94. The molecule has 0 heterocycles. The van der Waals surface area contributed by atoms with Crippen molar-refractivity contribution < 1.29 is 14.3 Å². The van der Waals surface area contributed by atoms with Crippen LogP contribution in [0.15, 0.2) is 0 Å². The van der Waals surface area contributed by atoms with Crippen molar-refractivity contribution >= 4 is 11.9 Å². The molecule has 0 aliphatic rings. The molecule has 0 aliphatic carbocycles. The predicted octanol–water partition coefficient (Wildman–Crippen LogP) is 5.56. The molecule has 0 fully saturated rings. The maximum Gasteiger partial charge on any atom is 0.313 e. The average Bonchev–Trinajstić information content (AvgIpc) is 2.46. The zero-order chi connectivity index (χ0) is 15.8. The van der Waals surface area contributed by atoms with Crippen LogP contribution < -0.4 is 0 Å². The van der Waals surface area contributed by atoms with Crippen molar-refractivity contribution in [1.82, 2.24) is 0 Å². The monoisotopic (exact) mass is 298 g/mol. The number of carbonyl (C=O) groups is 2. The Bertz CT molecular complexity index is 261. The standard InChI is InChI=1S/C18H34O3/c1-3-5-7-9-10-12-14-16-18(20)21-17(19)15-13-11-8-6-4-2/h3-16H2,1-2H3. The summed E-state index contributed by atoms with van der Waals surface area (Å²) in [5.41, 5.74) is 0. The van der Waals surface area contributed by atoms with Gasteiger partial charge in [0.2, 0.25) is 0 Å². The van der Waals surface area contributed by atoms with Crippen LogP contribution in [0.1, 0.15) is 104 Å². The molecule has 124 valence electrons. The molecule has 0 saturated heterocycles. The molecular formula is C18H34O3. The highest BCUT2D eigenvalue weighted by molar-refractivity contribution is 5.85. The van der Waals surface area contributed by atoms with E-state index in [2.05, 4.69) is 13.8 Å². The van der Waals surface area contributed by atoms with E-state index in [0.29, 0.717) is 12.8 Å². The van der Waals surface area contributed by atoms with Crippen LogP contribution in [0.2, 0.25) is 0 Å². The van der Waals surface area contributed by atoms with Crippen LogP contribution in [0.5, 0.6) is 0 Å². The van der Waals surface area contributed by atoms with Gasteiger partial charge in [-0.05, 0) is 12.8 Å². The maximum absolute atomic E-state index is 11.5. The Morgan fingerprint density at radius 2 is 0.905 bits per heavy atom. The van der Waals surface area contributed by atoms with Crippen molar-refractivity contribution in [2.45, 2.75) is 104 Å². The maximum atomic E-state index is 11.5. The average molecular weight is 298 g/mol. The molecule has 0 aromatic carbocycles. The fourth-order valence-corrected chi connectivity index (χ4v) is 2.33. The van der Waals surface area contributed by atoms with Gasteiger partial charge in [0.1, 0.15) is 0 Å². The molecule has 21 heavy (non-hydrogen) atoms. The molecule has 0 aliphatic heterocycles. The number of rotatable bonds is 14. The molecule has 0 unspecified atom stereocenters. The molecule has 0 N–H and O–H groups in total. The second-order valence-electron chi connectivity index (χ2n) is 5.88. The summed E-state index contributed by atoms with van der Waals surface area (Å²) in [6.07, 6.45) is 14.4. The molecule has 0 spiro atoms. The van der Waals surface area contributed by atoms with Gasteiger partial charge < -0.3 is 4.74 Å². The summed E-state index contributed by atoms with van der Waals surface area (Å²) in [7, 11) is 0. The fourth-order valence-electron chi connectivity index (χ4n) is 2.33. The van der Waals surface area contributed by atoms with Crippen LogP contribution in [0.25, 0.3) is 0 Å². The molecule has 0 saturated carbocycles. The third-order valence-corrected chi connectivity index (χ3v) is 3.70. The summed E-state index contributed by atoms with van der Waals surface area (Å²) < 4.78 is 4.82. The first kappa shape index (κ1) is 20.1. The summed E-state index contributed by atoms with van der Waals surface area (Å²) in [5, 5.41) is 0. The number of esters is 2. The first-order valence-corrected chi connectivity index (χ1v) is 8.94. The van der Waals surface area contributed by atoms with Crippen molar-refractivity contribution in [2.75, 3.05) is 0 Å². The zero-order valence-corrected chi connectivity index (χ0v) is 14.1. The van der Waals surface area contributed by atoms with Crippen molar-refractivity contribution in [3.63, 3.8) is 0 Å². The van der Waals surface area contributed by atoms with Crippen LogP contribution in [-0.2, 0) is 14.3 Å². The van der Waals surface area contributed by atoms with Crippen LogP contribution in [0.3, 0.4) is 0 Å². The van der Waals surface area contributed by atoms with Crippen molar-refractivity contribution in [3.8, 4) is 0 Å². The van der Waals surface area contributed by atoms with Gasteiger partial charge in [-0.3, -0.25) is 9.59 Å². The van der Waals surface area contributed by atoms with E-state index in [4.69, 9.17) is 4.74 Å². The lowest BCUT2D eigenvalue weighted by atomic mass is 10.1. The minimum atomic E-state index is -0.348. The number of hydrogen-bond acceptors (Lipinski definition) is 3. The SMILES string of the molecule is CCCCCCCCCC(=O)OC(=O)CCCCCCC. The van der Waals surface area contributed by atoms with Gasteiger partial charge in [0, 0.05) is 12.8 Å². The molecule has 0 amide bonds. The largest absolute Gasteiger partial charge is 0.393 e. The van der Waals surface area contributed by atoms with Gasteiger partial charge in [0.25, 0.3) is 0 Å². The summed E-state index contributed by atoms with van der Waals surface area (Å²) in [5.74, 6) is -0.693. The predicted molar refractivity (Wildman–Crippen MR) is 87.1 cm³/mol. The minimum absolute atomic E-state index is 0.345. The third kappa shape index (κ3) is 15.3. The number of unbranched alkanes of at least 4 members (excludes halogenated alkanes) is 10. The van der Waals surface area contributed by atoms with Crippen LogP contribution in [0.4, 0.5) is 0 Å². The third-order valence-electron chi connectivity index (χ3n) is 3.70. The van der Waals surface area contributed by atoms with Gasteiger partial charge in [0.05, 0.1) is 0 Å². The van der Waals surface area contributed by atoms with Crippen molar-refractivity contribution in [1.29, 1.82) is 0 Å². The number of carbonyl (C=O) groups excluding carboxylic acids is 2. The Labute approximate surface area is 130 Å². The van der Waals surface area contributed by atoms with Crippen LogP contribution in [-0.4, -0.2) is 11.9 Å². The molecule has 0 rings (SSSR count). The van der Waals surface area contributed by atoms with Gasteiger partial charge >= 0.3 is 11.9 Å². The second-order valence-corrected chi connectivity index (χ2v) is 5.88. The van der Waals surface area contributed by atoms with Crippen LogP contribution in [0, 0.1) is 0 Å². The smallest absolute Gasteiger partial charge is 0.313 e.